The van der Waals surface area contributed by atoms with Gasteiger partial charge in [0.05, 0.1) is 16.7 Å². The van der Waals surface area contributed by atoms with Gasteiger partial charge < -0.3 is 13.9 Å². The molecular formula is C60H38N2O. The van der Waals surface area contributed by atoms with E-state index in [0.29, 0.717) is 0 Å². The lowest BCUT2D eigenvalue weighted by Crippen LogP contribution is -2.10. The van der Waals surface area contributed by atoms with Crippen LogP contribution >= 0.6 is 0 Å². The van der Waals surface area contributed by atoms with E-state index in [2.05, 4.69) is 234 Å². The number of aromatic nitrogens is 1. The fourth-order valence-corrected chi connectivity index (χ4v) is 9.94. The van der Waals surface area contributed by atoms with Gasteiger partial charge in [-0.15, -0.1) is 0 Å². The molecule has 0 bridgehead atoms. The quantitative estimate of drug-likeness (QED) is 0.156. The van der Waals surface area contributed by atoms with Crippen molar-refractivity contribution in [1.29, 1.82) is 0 Å². The SMILES string of the molecule is c1ccc(-n2c3cc(-c4ccc(N(c5ccc(-c6ccc7c(ccc8ccccc87)c6)cc5)c5cccc6c5oc5ccccc56)cc4)ccc3c3ccc4ccccc4c32)cc1. The summed E-state index contributed by atoms with van der Waals surface area (Å²) in [4.78, 5) is 2.33. The third kappa shape index (κ3) is 5.67. The van der Waals surface area contributed by atoms with Crippen molar-refractivity contribution in [3.05, 3.63) is 231 Å². The Kier molecular flexibility index (Phi) is 7.91. The lowest BCUT2D eigenvalue weighted by atomic mass is 9.97. The molecule has 0 fully saturated rings. The normalized spacial score (nSPS) is 11.8. The van der Waals surface area contributed by atoms with Gasteiger partial charge in [0.25, 0.3) is 0 Å². The van der Waals surface area contributed by atoms with E-state index in [0.717, 1.165) is 55.8 Å². The minimum atomic E-state index is 0.861. The standard InChI is InChI=1S/C60H38N2O/c1-2-13-46(14-3-1)62-57-38-44(29-35-52(57)54-36-27-42-12-5-7-16-51(42)59(54)62)40-25-32-48(33-26-40)61(56-19-10-18-55-53-17-8-9-20-58(53)63-60(55)56)47-30-23-39(24-31-47)43-28-34-50-45(37-43)22-21-41-11-4-6-15-49(41)50/h1-38H. The number of benzene rings is 11. The van der Waals surface area contributed by atoms with Gasteiger partial charge in [0.1, 0.15) is 5.58 Å². The minimum absolute atomic E-state index is 0.861. The summed E-state index contributed by atoms with van der Waals surface area (Å²) in [5, 5.41) is 12.2. The Balaban J connectivity index is 0.931. The maximum atomic E-state index is 6.66. The molecule has 3 nitrogen and oxygen atoms in total. The zero-order valence-corrected chi connectivity index (χ0v) is 34.2. The molecule has 13 rings (SSSR count). The van der Waals surface area contributed by atoms with E-state index in [9.17, 15) is 0 Å². The van der Waals surface area contributed by atoms with Gasteiger partial charge in [-0.05, 0) is 110 Å². The Labute approximate surface area is 363 Å². The fourth-order valence-electron chi connectivity index (χ4n) is 9.94. The monoisotopic (exact) mass is 802 g/mol. The Morgan fingerprint density at radius 3 is 1.63 bits per heavy atom. The van der Waals surface area contributed by atoms with E-state index in [1.807, 2.05) is 6.07 Å². The number of rotatable bonds is 6. The van der Waals surface area contributed by atoms with Crippen molar-refractivity contribution in [2.24, 2.45) is 0 Å². The molecule has 0 saturated heterocycles. The second kappa shape index (κ2) is 14.1. The van der Waals surface area contributed by atoms with Gasteiger partial charge in [0.15, 0.2) is 5.58 Å². The van der Waals surface area contributed by atoms with Crippen molar-refractivity contribution in [2.75, 3.05) is 4.90 Å². The number of fused-ring (bicyclic) bond motifs is 11. The van der Waals surface area contributed by atoms with Crippen LogP contribution in [0.15, 0.2) is 235 Å². The van der Waals surface area contributed by atoms with E-state index in [1.165, 1.54) is 65.3 Å². The first-order chi connectivity index (χ1) is 31.2. The zero-order chi connectivity index (χ0) is 41.4. The summed E-state index contributed by atoms with van der Waals surface area (Å²) in [7, 11) is 0. The van der Waals surface area contributed by atoms with Crippen LogP contribution in [0.5, 0.6) is 0 Å². The van der Waals surface area contributed by atoms with Gasteiger partial charge >= 0.3 is 0 Å². The molecule has 0 radical (unpaired) electrons. The number of para-hydroxylation sites is 3. The van der Waals surface area contributed by atoms with Crippen LogP contribution in [0.25, 0.3) is 104 Å². The second-order valence-electron chi connectivity index (χ2n) is 16.5. The smallest absolute Gasteiger partial charge is 0.159 e. The molecule has 63 heavy (non-hydrogen) atoms. The summed E-state index contributed by atoms with van der Waals surface area (Å²) >= 11 is 0. The molecule has 11 aromatic carbocycles. The van der Waals surface area contributed by atoms with Crippen molar-refractivity contribution in [1.82, 2.24) is 4.57 Å². The van der Waals surface area contributed by atoms with E-state index in [1.54, 1.807) is 0 Å². The van der Waals surface area contributed by atoms with Crippen LogP contribution in [0, 0.1) is 0 Å². The van der Waals surface area contributed by atoms with E-state index in [-0.39, 0.29) is 0 Å². The summed E-state index contributed by atoms with van der Waals surface area (Å²) in [5.74, 6) is 0. The second-order valence-corrected chi connectivity index (χ2v) is 16.5. The first kappa shape index (κ1) is 35.4. The molecule has 0 atom stereocenters. The van der Waals surface area contributed by atoms with E-state index in [4.69, 9.17) is 4.42 Å². The number of anilines is 3. The molecule has 0 unspecified atom stereocenters. The molecule has 0 amide bonds. The van der Waals surface area contributed by atoms with Crippen molar-refractivity contribution in [3.8, 4) is 27.9 Å². The highest BCUT2D eigenvalue weighted by Gasteiger charge is 2.21. The molecule has 0 aliphatic heterocycles. The van der Waals surface area contributed by atoms with Crippen LogP contribution in [0.1, 0.15) is 0 Å². The Morgan fingerprint density at radius 2 is 0.873 bits per heavy atom. The highest BCUT2D eigenvalue weighted by atomic mass is 16.3. The number of furan rings is 1. The molecule has 0 saturated carbocycles. The predicted octanol–water partition coefficient (Wildman–Crippen LogP) is 16.9. The zero-order valence-electron chi connectivity index (χ0n) is 34.2. The first-order valence-electron chi connectivity index (χ1n) is 21.6. The van der Waals surface area contributed by atoms with Crippen LogP contribution in [0.4, 0.5) is 17.1 Å². The lowest BCUT2D eigenvalue weighted by Gasteiger charge is -2.26. The van der Waals surface area contributed by atoms with Crippen molar-refractivity contribution >= 4 is 93.1 Å². The van der Waals surface area contributed by atoms with Gasteiger partial charge in [-0.25, -0.2) is 0 Å². The van der Waals surface area contributed by atoms with Crippen LogP contribution in [-0.2, 0) is 0 Å². The molecule has 0 aliphatic carbocycles. The molecule has 0 spiro atoms. The third-order valence-corrected chi connectivity index (χ3v) is 13.0. The predicted molar refractivity (Wildman–Crippen MR) is 266 cm³/mol. The molecular weight excluding hydrogens is 765 g/mol. The highest BCUT2D eigenvalue weighted by molar-refractivity contribution is 6.19. The van der Waals surface area contributed by atoms with Crippen molar-refractivity contribution in [2.45, 2.75) is 0 Å². The molecule has 0 aliphatic rings. The van der Waals surface area contributed by atoms with E-state index < -0.39 is 0 Å². The van der Waals surface area contributed by atoms with Gasteiger partial charge in [-0.1, -0.05) is 170 Å². The topological polar surface area (TPSA) is 21.3 Å². The molecule has 2 aromatic heterocycles. The Hall–Kier alpha value is -8.40. The molecule has 3 heteroatoms. The summed E-state index contributed by atoms with van der Waals surface area (Å²) in [6.07, 6.45) is 0. The van der Waals surface area contributed by atoms with Gasteiger partial charge in [-0.2, -0.15) is 0 Å². The highest BCUT2D eigenvalue weighted by Crippen LogP contribution is 2.44. The van der Waals surface area contributed by atoms with Crippen LogP contribution in [0.3, 0.4) is 0 Å². The maximum absolute atomic E-state index is 6.66. The van der Waals surface area contributed by atoms with Crippen LogP contribution in [-0.4, -0.2) is 4.57 Å². The first-order valence-corrected chi connectivity index (χ1v) is 21.6. The minimum Gasteiger partial charge on any atom is -0.454 e. The molecule has 0 N–H and O–H groups in total. The number of hydrogen-bond donors (Lipinski definition) is 0. The third-order valence-electron chi connectivity index (χ3n) is 13.0. The summed E-state index contributed by atoms with van der Waals surface area (Å²) in [6, 6.07) is 83.4. The lowest BCUT2D eigenvalue weighted by molar-refractivity contribution is 0.669. The average molecular weight is 803 g/mol. The summed E-state index contributed by atoms with van der Waals surface area (Å²) in [6.45, 7) is 0. The summed E-state index contributed by atoms with van der Waals surface area (Å²) < 4.78 is 9.10. The Morgan fingerprint density at radius 1 is 0.333 bits per heavy atom. The molecule has 294 valence electrons. The van der Waals surface area contributed by atoms with Crippen molar-refractivity contribution < 1.29 is 4.42 Å². The summed E-state index contributed by atoms with van der Waals surface area (Å²) in [5.41, 5.74) is 13.1. The largest absolute Gasteiger partial charge is 0.454 e. The van der Waals surface area contributed by atoms with Gasteiger partial charge in [-0.3, -0.25) is 0 Å². The number of hydrogen-bond acceptors (Lipinski definition) is 2. The van der Waals surface area contributed by atoms with Crippen molar-refractivity contribution in [3.63, 3.8) is 0 Å². The van der Waals surface area contributed by atoms with E-state index >= 15 is 0 Å². The molecule has 13 aromatic rings. The Bertz CT molecular complexity index is 3900. The molecule has 2 heterocycles. The average Bonchev–Trinajstić information content (AvgIpc) is 3.91. The van der Waals surface area contributed by atoms with Gasteiger partial charge in [0.2, 0.25) is 0 Å². The fraction of sp³-hybridized carbons (Fsp3) is 0. The van der Waals surface area contributed by atoms with Crippen LogP contribution < -0.4 is 4.90 Å². The van der Waals surface area contributed by atoms with Crippen LogP contribution in [0.2, 0.25) is 0 Å². The number of nitrogens with zero attached hydrogens (tertiary/aromatic N) is 2. The maximum Gasteiger partial charge on any atom is 0.159 e. The van der Waals surface area contributed by atoms with Gasteiger partial charge in [0, 0.05) is 44.0 Å².